The van der Waals surface area contributed by atoms with Gasteiger partial charge in [0.2, 0.25) is 0 Å². The second-order valence-electron chi connectivity index (χ2n) is 5.67. The van der Waals surface area contributed by atoms with Gasteiger partial charge in [0, 0.05) is 16.8 Å². The molecule has 2 aromatic rings. The van der Waals surface area contributed by atoms with Crippen LogP contribution in [0, 0.1) is 6.92 Å². The second kappa shape index (κ2) is 5.32. The zero-order valence-electron chi connectivity index (χ0n) is 12.0. The maximum Gasteiger partial charge on any atom is 0.192 e. The Morgan fingerprint density at radius 1 is 1.10 bits per heavy atom. The summed E-state index contributed by atoms with van der Waals surface area (Å²) in [5.41, 5.74) is 1.68. The fraction of sp³-hybridized carbons (Fsp3) is 0.333. The van der Waals surface area contributed by atoms with Crippen LogP contribution >= 0.6 is 11.8 Å². The molecule has 4 nitrogen and oxygen atoms in total. The summed E-state index contributed by atoms with van der Waals surface area (Å²) in [4.78, 5) is 9.42. The molecule has 0 atom stereocenters. The molecule has 1 aromatic carbocycles. The Kier molecular flexibility index (Phi) is 3.90. The van der Waals surface area contributed by atoms with Gasteiger partial charge in [0.1, 0.15) is 0 Å². The third-order valence-corrected chi connectivity index (χ3v) is 3.80. The Bertz CT molecular complexity index is 636. The summed E-state index contributed by atoms with van der Waals surface area (Å²) in [7, 11) is 0. The number of rotatable bonds is 2. The van der Waals surface area contributed by atoms with Crippen LogP contribution in [0.5, 0.6) is 11.5 Å². The van der Waals surface area contributed by atoms with Crippen LogP contribution in [-0.4, -0.2) is 20.2 Å². The van der Waals surface area contributed by atoms with Gasteiger partial charge in [-0.1, -0.05) is 20.8 Å². The molecule has 5 heteroatoms. The van der Waals surface area contributed by atoms with Gasteiger partial charge in [-0.25, -0.2) is 9.97 Å². The lowest BCUT2D eigenvalue weighted by Crippen LogP contribution is -2.12. The second-order valence-corrected chi connectivity index (χ2v) is 6.68. The molecule has 0 bridgehead atoms. The number of nitrogens with zero attached hydrogens (tertiary/aromatic N) is 2. The van der Waals surface area contributed by atoms with Crippen molar-refractivity contribution in [1.82, 2.24) is 9.97 Å². The molecule has 2 rings (SSSR count). The fourth-order valence-electron chi connectivity index (χ4n) is 1.80. The number of phenols is 2. The van der Waals surface area contributed by atoms with Gasteiger partial charge in [-0.05, 0) is 47.9 Å². The van der Waals surface area contributed by atoms with Crippen molar-refractivity contribution in [3.8, 4) is 11.5 Å². The van der Waals surface area contributed by atoms with Gasteiger partial charge in [0.25, 0.3) is 0 Å². The Balaban J connectivity index is 2.47. The predicted octanol–water partition coefficient (Wildman–Crippen LogP) is 3.64. The number of hydrogen-bond acceptors (Lipinski definition) is 5. The van der Waals surface area contributed by atoms with Gasteiger partial charge in [0.15, 0.2) is 16.7 Å². The molecule has 0 saturated heterocycles. The third-order valence-electron chi connectivity index (χ3n) is 2.86. The van der Waals surface area contributed by atoms with E-state index in [2.05, 4.69) is 30.7 Å². The van der Waals surface area contributed by atoms with Crippen molar-refractivity contribution in [1.29, 1.82) is 0 Å². The first-order chi connectivity index (χ1) is 9.27. The van der Waals surface area contributed by atoms with Crippen molar-refractivity contribution in [3.63, 3.8) is 0 Å². The Morgan fingerprint density at radius 3 is 2.35 bits per heavy atom. The zero-order valence-corrected chi connectivity index (χ0v) is 12.8. The summed E-state index contributed by atoms with van der Waals surface area (Å²) in [5, 5.41) is 20.1. The van der Waals surface area contributed by atoms with Crippen LogP contribution in [0.25, 0.3) is 0 Å². The van der Waals surface area contributed by atoms with Crippen molar-refractivity contribution in [2.75, 3.05) is 0 Å². The molecule has 0 aliphatic rings. The summed E-state index contributed by atoms with van der Waals surface area (Å²) in [6.45, 7) is 8.07. The van der Waals surface area contributed by atoms with Crippen LogP contribution < -0.4 is 0 Å². The highest BCUT2D eigenvalue weighted by Gasteiger charge is 2.21. The molecule has 0 aliphatic carbocycles. The van der Waals surface area contributed by atoms with Crippen molar-refractivity contribution in [2.45, 2.75) is 43.2 Å². The van der Waals surface area contributed by atoms with E-state index in [9.17, 15) is 10.2 Å². The molecule has 20 heavy (non-hydrogen) atoms. The van der Waals surface area contributed by atoms with Gasteiger partial charge >= 0.3 is 0 Å². The number of aromatic hydroxyl groups is 2. The van der Waals surface area contributed by atoms with E-state index in [-0.39, 0.29) is 16.9 Å². The minimum atomic E-state index is -0.155. The molecule has 0 amide bonds. The van der Waals surface area contributed by atoms with E-state index in [4.69, 9.17) is 0 Å². The van der Waals surface area contributed by atoms with Crippen molar-refractivity contribution in [3.05, 3.63) is 35.7 Å². The van der Waals surface area contributed by atoms with Crippen LogP contribution in [0.15, 0.2) is 34.4 Å². The van der Waals surface area contributed by atoms with E-state index in [1.54, 1.807) is 18.3 Å². The van der Waals surface area contributed by atoms with Crippen LogP contribution in [0.2, 0.25) is 0 Å². The normalized spacial score (nSPS) is 11.6. The van der Waals surface area contributed by atoms with E-state index in [0.29, 0.717) is 5.16 Å². The third kappa shape index (κ3) is 3.22. The van der Waals surface area contributed by atoms with E-state index < -0.39 is 0 Å². The summed E-state index contributed by atoms with van der Waals surface area (Å²) >= 11 is 1.38. The summed E-state index contributed by atoms with van der Waals surface area (Å²) in [6.07, 6.45) is 1.71. The number of aromatic nitrogens is 2. The van der Waals surface area contributed by atoms with Gasteiger partial charge in [-0.3, -0.25) is 0 Å². The number of phenolic OH excluding ortho intramolecular Hbond substituents is 2. The number of aryl methyl sites for hydroxylation is 1. The number of hydrogen-bond donors (Lipinski definition) is 2. The van der Waals surface area contributed by atoms with Gasteiger partial charge in [-0.2, -0.15) is 0 Å². The maximum atomic E-state index is 9.72. The molecule has 0 radical (unpaired) electrons. The minimum absolute atomic E-state index is 0.107. The molecular weight excluding hydrogens is 272 g/mol. The minimum Gasteiger partial charge on any atom is -0.504 e. The van der Waals surface area contributed by atoms with E-state index in [1.807, 2.05) is 13.0 Å². The van der Waals surface area contributed by atoms with E-state index >= 15 is 0 Å². The maximum absolute atomic E-state index is 9.72. The number of benzene rings is 1. The van der Waals surface area contributed by atoms with Gasteiger partial charge < -0.3 is 10.2 Å². The molecule has 2 N–H and O–H groups in total. The SMILES string of the molecule is Cc1ccnc(Sc2cc(O)c(O)cc2C(C)(C)C)n1. The fourth-order valence-corrected chi connectivity index (χ4v) is 2.95. The van der Waals surface area contributed by atoms with Crippen LogP contribution in [0.4, 0.5) is 0 Å². The Hall–Kier alpha value is -1.75. The molecule has 0 spiro atoms. The van der Waals surface area contributed by atoms with E-state index in [1.165, 1.54) is 11.8 Å². The van der Waals surface area contributed by atoms with Crippen LogP contribution in [-0.2, 0) is 5.41 Å². The Labute approximate surface area is 122 Å². The first-order valence-electron chi connectivity index (χ1n) is 6.31. The summed E-state index contributed by atoms with van der Waals surface area (Å²) in [6, 6.07) is 5.00. The molecule has 0 fully saturated rings. The molecule has 0 unspecified atom stereocenters. The van der Waals surface area contributed by atoms with Gasteiger partial charge in [-0.15, -0.1) is 0 Å². The molecule has 106 valence electrons. The van der Waals surface area contributed by atoms with Crippen molar-refractivity contribution in [2.24, 2.45) is 0 Å². The first kappa shape index (κ1) is 14.7. The molecular formula is C15H18N2O2S. The lowest BCUT2D eigenvalue weighted by Gasteiger charge is -2.23. The topological polar surface area (TPSA) is 66.2 Å². The molecule has 1 heterocycles. The molecule has 0 aliphatic heterocycles. The quantitative estimate of drug-likeness (QED) is 0.653. The average molecular weight is 290 g/mol. The van der Waals surface area contributed by atoms with Gasteiger partial charge in [0.05, 0.1) is 0 Å². The molecule has 1 aromatic heterocycles. The highest BCUT2D eigenvalue weighted by Crippen LogP contribution is 2.41. The van der Waals surface area contributed by atoms with Crippen molar-refractivity contribution >= 4 is 11.8 Å². The lowest BCUT2D eigenvalue weighted by atomic mass is 9.87. The smallest absolute Gasteiger partial charge is 0.192 e. The van der Waals surface area contributed by atoms with Crippen LogP contribution in [0.3, 0.4) is 0 Å². The summed E-state index contributed by atoms with van der Waals surface area (Å²) < 4.78 is 0. The Morgan fingerprint density at radius 2 is 1.75 bits per heavy atom. The molecule has 0 saturated carbocycles. The van der Waals surface area contributed by atoms with Crippen molar-refractivity contribution < 1.29 is 10.2 Å². The lowest BCUT2D eigenvalue weighted by molar-refractivity contribution is 0.399. The largest absolute Gasteiger partial charge is 0.504 e. The highest BCUT2D eigenvalue weighted by atomic mass is 32.2. The predicted molar refractivity (Wildman–Crippen MR) is 79.4 cm³/mol. The van der Waals surface area contributed by atoms with E-state index in [0.717, 1.165) is 16.2 Å². The highest BCUT2D eigenvalue weighted by molar-refractivity contribution is 7.99. The monoisotopic (exact) mass is 290 g/mol. The zero-order chi connectivity index (χ0) is 14.9. The standard InChI is InChI=1S/C15H18N2O2S/c1-9-5-6-16-14(17-9)20-13-8-12(19)11(18)7-10(13)15(2,3)4/h5-8,18-19H,1-4H3. The summed E-state index contributed by atoms with van der Waals surface area (Å²) in [5.74, 6) is -0.238. The first-order valence-corrected chi connectivity index (χ1v) is 7.13. The average Bonchev–Trinajstić information content (AvgIpc) is 2.32. The van der Waals surface area contributed by atoms with Crippen LogP contribution in [0.1, 0.15) is 32.0 Å².